The molecule has 2 heterocycles. The summed E-state index contributed by atoms with van der Waals surface area (Å²) in [6, 6.07) is 15.7. The zero-order chi connectivity index (χ0) is 18.8. The van der Waals surface area contributed by atoms with Crippen molar-refractivity contribution in [3.63, 3.8) is 0 Å². The van der Waals surface area contributed by atoms with Gasteiger partial charge in [0.15, 0.2) is 0 Å². The van der Waals surface area contributed by atoms with Crippen molar-refractivity contribution in [3.8, 4) is 5.75 Å². The molecule has 4 rings (SSSR count). The average Bonchev–Trinajstić information content (AvgIpc) is 3.06. The normalized spacial score (nSPS) is 17.4. The van der Waals surface area contributed by atoms with E-state index in [1.54, 1.807) is 7.11 Å². The van der Waals surface area contributed by atoms with Crippen LogP contribution < -0.4 is 4.74 Å². The molecule has 1 aliphatic heterocycles. The molecule has 0 amide bonds. The molecule has 1 atom stereocenters. The van der Waals surface area contributed by atoms with Gasteiger partial charge in [0.2, 0.25) is 0 Å². The third-order valence-electron chi connectivity index (χ3n) is 5.17. The van der Waals surface area contributed by atoms with Crippen LogP contribution in [0.25, 0.3) is 0 Å². The highest BCUT2D eigenvalue weighted by Crippen LogP contribution is 2.34. The molecular weight excluding hydrogens is 346 g/mol. The van der Waals surface area contributed by atoms with E-state index in [9.17, 15) is 8.78 Å². The van der Waals surface area contributed by atoms with Crippen LogP contribution in [0.3, 0.4) is 0 Å². The molecule has 0 spiro atoms. The summed E-state index contributed by atoms with van der Waals surface area (Å²) in [7, 11) is 1.64. The molecule has 27 heavy (non-hydrogen) atoms. The van der Waals surface area contributed by atoms with Crippen molar-refractivity contribution in [2.75, 3.05) is 13.7 Å². The van der Waals surface area contributed by atoms with Crippen LogP contribution in [-0.4, -0.2) is 23.1 Å². The number of methoxy groups -OCH3 is 1. The number of aromatic nitrogens is 1. The Hall–Kier alpha value is -2.66. The van der Waals surface area contributed by atoms with E-state index in [0.29, 0.717) is 12.1 Å². The van der Waals surface area contributed by atoms with Crippen molar-refractivity contribution in [2.45, 2.75) is 25.6 Å². The van der Waals surface area contributed by atoms with E-state index in [4.69, 9.17) is 4.74 Å². The highest BCUT2D eigenvalue weighted by atomic mass is 19.1. The summed E-state index contributed by atoms with van der Waals surface area (Å²) in [6.07, 6.45) is 3.03. The minimum atomic E-state index is -0.411. The first-order valence-corrected chi connectivity index (χ1v) is 9.12. The lowest BCUT2D eigenvalue weighted by Crippen LogP contribution is -2.30. The predicted molar refractivity (Wildman–Crippen MR) is 101 cm³/mol. The molecule has 5 heteroatoms. The molecule has 3 nitrogen and oxygen atoms in total. The zero-order valence-electron chi connectivity index (χ0n) is 15.2. The smallest absolute Gasteiger partial charge is 0.127 e. The summed E-state index contributed by atoms with van der Waals surface area (Å²) in [5.41, 5.74) is 2.65. The Morgan fingerprint density at radius 2 is 1.85 bits per heavy atom. The number of hydrogen-bond acceptors (Lipinski definition) is 2. The Balaban J connectivity index is 1.74. The van der Waals surface area contributed by atoms with Crippen LogP contribution in [0.2, 0.25) is 0 Å². The number of rotatable bonds is 4. The number of benzene rings is 2. The minimum Gasteiger partial charge on any atom is -0.497 e. The fraction of sp³-hybridized carbons (Fsp3) is 0.273. The third-order valence-corrected chi connectivity index (χ3v) is 5.17. The zero-order valence-corrected chi connectivity index (χ0v) is 15.2. The van der Waals surface area contributed by atoms with E-state index in [2.05, 4.69) is 21.7 Å². The second kappa shape index (κ2) is 7.53. The van der Waals surface area contributed by atoms with Gasteiger partial charge >= 0.3 is 0 Å². The molecule has 0 unspecified atom stereocenters. The highest BCUT2D eigenvalue weighted by Gasteiger charge is 2.28. The average molecular weight is 368 g/mol. The first kappa shape index (κ1) is 17.7. The molecule has 1 aliphatic rings. The fourth-order valence-corrected chi connectivity index (χ4v) is 3.86. The van der Waals surface area contributed by atoms with Crippen molar-refractivity contribution in [1.82, 2.24) is 9.47 Å². The molecule has 140 valence electrons. The summed E-state index contributed by atoms with van der Waals surface area (Å²) in [5.74, 6) is 0.0144. The number of aryl methyl sites for hydroxylation is 1. The molecule has 0 saturated heterocycles. The number of ether oxygens (including phenoxy) is 1. The SMILES string of the molecule is COc1ccc([C@H]2c3cccn3CCCN2Cc2cc(F)ccc2F)cc1. The minimum absolute atomic E-state index is 0.0314. The van der Waals surface area contributed by atoms with Crippen molar-refractivity contribution in [2.24, 2.45) is 0 Å². The number of fused-ring (bicyclic) bond motifs is 1. The Morgan fingerprint density at radius 3 is 2.63 bits per heavy atom. The van der Waals surface area contributed by atoms with Crippen LogP contribution in [0.5, 0.6) is 5.75 Å². The summed E-state index contributed by atoms with van der Waals surface area (Å²) in [5, 5.41) is 0. The van der Waals surface area contributed by atoms with E-state index in [1.807, 2.05) is 30.3 Å². The molecule has 0 aliphatic carbocycles. The Bertz CT molecular complexity index is 920. The van der Waals surface area contributed by atoms with E-state index in [0.717, 1.165) is 42.6 Å². The first-order chi connectivity index (χ1) is 13.2. The van der Waals surface area contributed by atoms with Crippen molar-refractivity contribution in [3.05, 3.63) is 89.2 Å². The van der Waals surface area contributed by atoms with Gasteiger partial charge in [0.05, 0.1) is 13.2 Å². The summed E-state index contributed by atoms with van der Waals surface area (Å²) < 4.78 is 35.5. The molecule has 0 N–H and O–H groups in total. The Morgan fingerprint density at radius 1 is 1.04 bits per heavy atom. The Kier molecular flexibility index (Phi) is 4.94. The summed E-state index contributed by atoms with van der Waals surface area (Å²) in [6.45, 7) is 2.07. The second-order valence-corrected chi connectivity index (χ2v) is 6.86. The van der Waals surface area contributed by atoms with Gasteiger partial charge in [-0.25, -0.2) is 8.78 Å². The van der Waals surface area contributed by atoms with Crippen LogP contribution >= 0.6 is 0 Å². The van der Waals surface area contributed by atoms with Gasteiger partial charge in [0, 0.05) is 37.1 Å². The monoisotopic (exact) mass is 368 g/mol. The lowest BCUT2D eigenvalue weighted by atomic mass is 10.0. The molecule has 0 radical (unpaired) electrons. The first-order valence-electron chi connectivity index (χ1n) is 9.12. The predicted octanol–water partition coefficient (Wildman–Crippen LogP) is 4.77. The molecule has 3 aromatic rings. The number of halogens is 2. The van der Waals surface area contributed by atoms with Crippen LogP contribution in [0.1, 0.15) is 29.3 Å². The number of hydrogen-bond donors (Lipinski definition) is 0. The summed E-state index contributed by atoms with van der Waals surface area (Å²) >= 11 is 0. The van der Waals surface area contributed by atoms with Crippen molar-refractivity contribution < 1.29 is 13.5 Å². The van der Waals surface area contributed by atoms with Gasteiger partial charge in [-0.1, -0.05) is 12.1 Å². The van der Waals surface area contributed by atoms with Gasteiger partial charge in [-0.15, -0.1) is 0 Å². The van der Waals surface area contributed by atoms with Crippen molar-refractivity contribution in [1.29, 1.82) is 0 Å². The fourth-order valence-electron chi connectivity index (χ4n) is 3.86. The molecular formula is C22H22F2N2O. The van der Waals surface area contributed by atoms with E-state index < -0.39 is 5.82 Å². The lowest BCUT2D eigenvalue weighted by Gasteiger charge is -2.31. The van der Waals surface area contributed by atoms with E-state index >= 15 is 0 Å². The standard InChI is InChI=1S/C22H22F2N2O/c1-27-19-8-5-16(6-9-19)22-21-4-2-11-25(21)12-3-13-26(22)15-17-14-18(23)7-10-20(17)24/h2,4-11,14,22H,3,12-13,15H2,1H3/t22-/m0/s1. The maximum absolute atomic E-state index is 14.3. The highest BCUT2D eigenvalue weighted by molar-refractivity contribution is 5.34. The lowest BCUT2D eigenvalue weighted by molar-refractivity contribution is 0.217. The second-order valence-electron chi connectivity index (χ2n) is 6.86. The van der Waals surface area contributed by atoms with E-state index in [-0.39, 0.29) is 11.9 Å². The molecule has 0 bridgehead atoms. The van der Waals surface area contributed by atoms with Crippen LogP contribution in [0, 0.1) is 11.6 Å². The molecule has 2 aromatic carbocycles. The molecule has 1 aromatic heterocycles. The van der Waals surface area contributed by atoms with Gasteiger partial charge < -0.3 is 9.30 Å². The van der Waals surface area contributed by atoms with Crippen LogP contribution in [0.4, 0.5) is 8.78 Å². The van der Waals surface area contributed by atoms with Gasteiger partial charge in [-0.05, 0) is 54.4 Å². The van der Waals surface area contributed by atoms with E-state index in [1.165, 1.54) is 12.1 Å². The Labute approximate surface area is 157 Å². The maximum Gasteiger partial charge on any atom is 0.127 e. The molecule has 0 saturated carbocycles. The van der Waals surface area contributed by atoms with Gasteiger partial charge in [0.1, 0.15) is 17.4 Å². The van der Waals surface area contributed by atoms with Crippen LogP contribution in [-0.2, 0) is 13.1 Å². The van der Waals surface area contributed by atoms with Gasteiger partial charge in [-0.2, -0.15) is 0 Å². The quantitative estimate of drug-likeness (QED) is 0.660. The largest absolute Gasteiger partial charge is 0.497 e. The van der Waals surface area contributed by atoms with Gasteiger partial charge in [-0.3, -0.25) is 4.90 Å². The third kappa shape index (κ3) is 3.60. The van der Waals surface area contributed by atoms with Gasteiger partial charge in [0.25, 0.3) is 0 Å². The van der Waals surface area contributed by atoms with Crippen molar-refractivity contribution >= 4 is 0 Å². The van der Waals surface area contributed by atoms with Crippen LogP contribution in [0.15, 0.2) is 60.8 Å². The number of nitrogens with zero attached hydrogens (tertiary/aromatic N) is 2. The summed E-state index contributed by atoms with van der Waals surface area (Å²) in [4.78, 5) is 2.22. The topological polar surface area (TPSA) is 17.4 Å². The molecule has 0 fully saturated rings. The maximum atomic E-state index is 14.3.